The molecule has 3 rings (SSSR count). The highest BCUT2D eigenvalue weighted by atomic mass is 19.1. The van der Waals surface area contributed by atoms with Crippen LogP contribution in [0.4, 0.5) is 10.1 Å². The van der Waals surface area contributed by atoms with Gasteiger partial charge in [0, 0.05) is 5.69 Å². The normalized spacial score (nSPS) is 18.3. The number of nitrogens with one attached hydrogen (secondary N) is 1. The number of amides is 1. The topological polar surface area (TPSA) is 52.6 Å². The van der Waals surface area contributed by atoms with Gasteiger partial charge < -0.3 is 10.4 Å². The van der Waals surface area contributed by atoms with Gasteiger partial charge in [-0.2, -0.15) is 0 Å². The first-order valence-electron chi connectivity index (χ1n) is 9.08. The number of benzene rings is 2. The van der Waals surface area contributed by atoms with Crippen molar-refractivity contribution in [2.45, 2.75) is 31.9 Å². The van der Waals surface area contributed by atoms with E-state index in [0.29, 0.717) is 5.69 Å². The molecule has 1 aliphatic rings. The summed E-state index contributed by atoms with van der Waals surface area (Å²) in [7, 11) is 0. The standard InChI is InChI=1S/C21H25FN2O2/c1-15(25)16-11-13-24(14-12-16)20(17-5-3-2-4-6-17)21(26)23-19-9-7-18(22)8-10-19/h2-10,15-16,20,25H,11-14H2,1H3,(H,23,26)/t15-,20-/m0/s1. The van der Waals surface area contributed by atoms with Crippen molar-refractivity contribution in [3.05, 3.63) is 66.0 Å². The summed E-state index contributed by atoms with van der Waals surface area (Å²) >= 11 is 0. The third kappa shape index (κ3) is 4.48. The second-order valence-corrected chi connectivity index (χ2v) is 6.92. The molecule has 26 heavy (non-hydrogen) atoms. The second kappa shape index (κ2) is 8.43. The molecule has 1 heterocycles. The zero-order chi connectivity index (χ0) is 18.5. The molecule has 2 atom stereocenters. The van der Waals surface area contributed by atoms with Crippen molar-refractivity contribution >= 4 is 11.6 Å². The molecule has 2 aromatic carbocycles. The third-order valence-electron chi connectivity index (χ3n) is 5.10. The number of aliphatic hydroxyl groups excluding tert-OH is 1. The van der Waals surface area contributed by atoms with Crippen LogP contribution in [-0.4, -0.2) is 35.1 Å². The Morgan fingerprint density at radius 3 is 2.31 bits per heavy atom. The predicted molar refractivity (Wildman–Crippen MR) is 100 cm³/mol. The second-order valence-electron chi connectivity index (χ2n) is 6.92. The average Bonchev–Trinajstić information content (AvgIpc) is 2.65. The Morgan fingerprint density at radius 1 is 1.12 bits per heavy atom. The summed E-state index contributed by atoms with van der Waals surface area (Å²) in [6.45, 7) is 3.34. The van der Waals surface area contributed by atoms with Gasteiger partial charge in [-0.3, -0.25) is 9.69 Å². The number of likely N-dealkylation sites (tertiary alicyclic amines) is 1. The van der Waals surface area contributed by atoms with E-state index in [1.807, 2.05) is 37.3 Å². The molecular formula is C21H25FN2O2. The molecule has 0 spiro atoms. The SMILES string of the molecule is C[C@H](O)C1CCN([C@H](C(=O)Nc2ccc(F)cc2)c2ccccc2)CC1. The zero-order valence-electron chi connectivity index (χ0n) is 14.9. The number of carbonyl (C=O) groups excluding carboxylic acids is 1. The van der Waals surface area contributed by atoms with E-state index in [1.54, 1.807) is 12.1 Å². The molecule has 0 bridgehead atoms. The van der Waals surface area contributed by atoms with Gasteiger partial charge in [0.25, 0.3) is 0 Å². The van der Waals surface area contributed by atoms with Gasteiger partial charge in [0.05, 0.1) is 6.10 Å². The lowest BCUT2D eigenvalue weighted by Crippen LogP contribution is -2.43. The van der Waals surface area contributed by atoms with Crippen molar-refractivity contribution in [2.24, 2.45) is 5.92 Å². The van der Waals surface area contributed by atoms with Gasteiger partial charge in [-0.05, 0) is 68.6 Å². The monoisotopic (exact) mass is 356 g/mol. The van der Waals surface area contributed by atoms with Crippen molar-refractivity contribution < 1.29 is 14.3 Å². The van der Waals surface area contributed by atoms with Crippen LogP contribution in [0.25, 0.3) is 0 Å². The van der Waals surface area contributed by atoms with Crippen molar-refractivity contribution in [2.75, 3.05) is 18.4 Å². The fraction of sp³-hybridized carbons (Fsp3) is 0.381. The van der Waals surface area contributed by atoms with E-state index in [-0.39, 0.29) is 23.7 Å². The molecule has 0 aromatic heterocycles. The Morgan fingerprint density at radius 2 is 1.73 bits per heavy atom. The Bertz CT molecular complexity index is 711. The number of anilines is 1. The van der Waals surface area contributed by atoms with Crippen LogP contribution in [0.1, 0.15) is 31.4 Å². The molecule has 1 amide bonds. The minimum atomic E-state index is -0.406. The maximum Gasteiger partial charge on any atom is 0.246 e. The summed E-state index contributed by atoms with van der Waals surface area (Å²) < 4.78 is 13.1. The lowest BCUT2D eigenvalue weighted by Gasteiger charge is -2.37. The molecule has 4 nitrogen and oxygen atoms in total. The summed E-state index contributed by atoms with van der Waals surface area (Å²) in [5, 5.41) is 12.7. The maximum absolute atomic E-state index is 13.1. The number of rotatable bonds is 5. The lowest BCUT2D eigenvalue weighted by molar-refractivity contribution is -0.122. The molecule has 0 radical (unpaired) electrons. The molecule has 1 aliphatic heterocycles. The third-order valence-corrected chi connectivity index (χ3v) is 5.10. The highest BCUT2D eigenvalue weighted by Crippen LogP contribution is 2.29. The van der Waals surface area contributed by atoms with Crippen molar-refractivity contribution in [3.63, 3.8) is 0 Å². The Hall–Kier alpha value is -2.24. The Labute approximate surface area is 153 Å². The largest absolute Gasteiger partial charge is 0.393 e. The zero-order valence-corrected chi connectivity index (χ0v) is 14.9. The predicted octanol–water partition coefficient (Wildman–Crippen LogP) is 3.60. The van der Waals surface area contributed by atoms with E-state index in [0.717, 1.165) is 31.5 Å². The summed E-state index contributed by atoms with van der Waals surface area (Å²) in [6.07, 6.45) is 1.41. The van der Waals surface area contributed by atoms with Crippen LogP contribution in [0.2, 0.25) is 0 Å². The molecule has 0 saturated carbocycles. The minimum Gasteiger partial charge on any atom is -0.393 e. The quantitative estimate of drug-likeness (QED) is 0.861. The summed E-state index contributed by atoms with van der Waals surface area (Å²) in [6, 6.07) is 15.1. The van der Waals surface area contributed by atoms with Gasteiger partial charge in [0.1, 0.15) is 11.9 Å². The van der Waals surface area contributed by atoms with Crippen LogP contribution in [-0.2, 0) is 4.79 Å². The summed E-state index contributed by atoms with van der Waals surface area (Å²) in [5.74, 6) is -0.177. The fourth-order valence-electron chi connectivity index (χ4n) is 3.57. The molecule has 0 unspecified atom stereocenters. The van der Waals surface area contributed by atoms with E-state index in [4.69, 9.17) is 0 Å². The van der Waals surface area contributed by atoms with Crippen LogP contribution in [0.5, 0.6) is 0 Å². The van der Waals surface area contributed by atoms with E-state index < -0.39 is 6.04 Å². The first kappa shape index (κ1) is 18.5. The van der Waals surface area contributed by atoms with Gasteiger partial charge in [-0.15, -0.1) is 0 Å². The molecule has 5 heteroatoms. The van der Waals surface area contributed by atoms with Gasteiger partial charge >= 0.3 is 0 Å². The van der Waals surface area contributed by atoms with E-state index in [2.05, 4.69) is 10.2 Å². The van der Waals surface area contributed by atoms with E-state index in [9.17, 15) is 14.3 Å². The number of halogens is 1. The number of aliphatic hydroxyl groups is 1. The van der Waals surface area contributed by atoms with Crippen molar-refractivity contribution in [1.29, 1.82) is 0 Å². The van der Waals surface area contributed by atoms with Crippen LogP contribution in [0, 0.1) is 11.7 Å². The van der Waals surface area contributed by atoms with Gasteiger partial charge in [-0.1, -0.05) is 30.3 Å². The van der Waals surface area contributed by atoms with Gasteiger partial charge in [0.2, 0.25) is 5.91 Å². The molecule has 138 valence electrons. The molecule has 1 fully saturated rings. The van der Waals surface area contributed by atoms with Crippen molar-refractivity contribution in [1.82, 2.24) is 4.90 Å². The smallest absolute Gasteiger partial charge is 0.246 e. The summed E-state index contributed by atoms with van der Waals surface area (Å²) in [4.78, 5) is 15.2. The fourth-order valence-corrected chi connectivity index (χ4v) is 3.57. The number of hydrogen-bond donors (Lipinski definition) is 2. The minimum absolute atomic E-state index is 0.127. The Balaban J connectivity index is 1.78. The molecule has 2 N–H and O–H groups in total. The van der Waals surface area contributed by atoms with Crippen LogP contribution >= 0.6 is 0 Å². The number of carbonyl (C=O) groups is 1. The molecule has 2 aromatic rings. The number of piperidine rings is 1. The van der Waals surface area contributed by atoms with Gasteiger partial charge in [0.15, 0.2) is 0 Å². The maximum atomic E-state index is 13.1. The Kier molecular flexibility index (Phi) is 6.01. The molecule has 0 aliphatic carbocycles. The van der Waals surface area contributed by atoms with Crippen LogP contribution in [0.15, 0.2) is 54.6 Å². The first-order chi connectivity index (χ1) is 12.5. The van der Waals surface area contributed by atoms with Crippen molar-refractivity contribution in [3.8, 4) is 0 Å². The lowest BCUT2D eigenvalue weighted by atomic mass is 9.90. The first-order valence-corrected chi connectivity index (χ1v) is 9.08. The van der Waals surface area contributed by atoms with E-state index in [1.165, 1.54) is 12.1 Å². The van der Waals surface area contributed by atoms with Crippen LogP contribution in [0.3, 0.4) is 0 Å². The molecular weight excluding hydrogens is 331 g/mol. The average molecular weight is 356 g/mol. The van der Waals surface area contributed by atoms with Gasteiger partial charge in [-0.25, -0.2) is 4.39 Å². The number of nitrogens with zero attached hydrogens (tertiary/aromatic N) is 1. The number of hydrogen-bond acceptors (Lipinski definition) is 3. The molecule has 1 saturated heterocycles. The van der Waals surface area contributed by atoms with Crippen LogP contribution < -0.4 is 5.32 Å². The highest BCUT2D eigenvalue weighted by Gasteiger charge is 2.32. The summed E-state index contributed by atoms with van der Waals surface area (Å²) in [5.41, 5.74) is 1.51. The highest BCUT2D eigenvalue weighted by molar-refractivity contribution is 5.95. The van der Waals surface area contributed by atoms with E-state index >= 15 is 0 Å².